The van der Waals surface area contributed by atoms with Gasteiger partial charge in [0.25, 0.3) is 5.91 Å². The average Bonchev–Trinajstić information content (AvgIpc) is 2.71. The molecule has 0 aliphatic heterocycles. The third-order valence-corrected chi connectivity index (χ3v) is 4.36. The predicted molar refractivity (Wildman–Crippen MR) is 104 cm³/mol. The van der Waals surface area contributed by atoms with Gasteiger partial charge >= 0.3 is 5.97 Å². The zero-order valence-electron chi connectivity index (χ0n) is 15.6. The van der Waals surface area contributed by atoms with Gasteiger partial charge in [-0.15, -0.1) is 0 Å². The molecule has 0 aliphatic carbocycles. The molecule has 0 unspecified atom stereocenters. The molecule has 0 saturated carbocycles. The molecule has 3 aromatic carbocycles. The number of esters is 1. The van der Waals surface area contributed by atoms with Gasteiger partial charge in [-0.3, -0.25) is 4.79 Å². The van der Waals surface area contributed by atoms with Crippen molar-refractivity contribution in [1.29, 1.82) is 0 Å². The van der Waals surface area contributed by atoms with E-state index in [1.54, 1.807) is 14.2 Å². The largest absolute Gasteiger partial charge is 0.497 e. The molecular weight excluding hydrogens is 361 g/mol. The summed E-state index contributed by atoms with van der Waals surface area (Å²) in [5, 5.41) is 2.09. The molecule has 0 saturated heterocycles. The first-order valence-corrected chi connectivity index (χ1v) is 8.69. The molecule has 0 N–H and O–H groups in total. The minimum atomic E-state index is -0.665. The van der Waals surface area contributed by atoms with E-state index in [1.165, 1.54) is 29.2 Å². The molecule has 0 fully saturated rings. The van der Waals surface area contributed by atoms with E-state index in [0.29, 0.717) is 6.54 Å². The molecule has 0 spiro atoms. The summed E-state index contributed by atoms with van der Waals surface area (Å²) >= 11 is 0. The highest BCUT2D eigenvalue weighted by Crippen LogP contribution is 2.22. The van der Waals surface area contributed by atoms with Crippen molar-refractivity contribution in [2.24, 2.45) is 0 Å². The molecule has 0 atom stereocenters. The number of halogens is 1. The Morgan fingerprint density at radius 1 is 0.964 bits per heavy atom. The number of carbonyl (C=O) groups excluding carboxylic acids is 2. The predicted octanol–water partition coefficient (Wildman–Crippen LogP) is 3.80. The number of rotatable bonds is 6. The van der Waals surface area contributed by atoms with Crippen molar-refractivity contribution in [3.63, 3.8) is 0 Å². The number of amides is 1. The van der Waals surface area contributed by atoms with Crippen molar-refractivity contribution in [3.05, 3.63) is 77.6 Å². The highest BCUT2D eigenvalue weighted by atomic mass is 19.1. The molecule has 1 amide bonds. The molecule has 28 heavy (non-hydrogen) atoms. The lowest BCUT2D eigenvalue weighted by molar-refractivity contribution is -0.133. The number of likely N-dealkylation sites (N-methyl/N-ethyl adjacent to an activating group) is 1. The van der Waals surface area contributed by atoms with Crippen LogP contribution in [0.15, 0.2) is 60.7 Å². The van der Waals surface area contributed by atoms with Gasteiger partial charge in [0.15, 0.2) is 6.61 Å². The summed E-state index contributed by atoms with van der Waals surface area (Å²) in [4.78, 5) is 25.7. The molecule has 3 rings (SSSR count). The summed E-state index contributed by atoms with van der Waals surface area (Å²) in [6, 6.07) is 16.7. The van der Waals surface area contributed by atoms with E-state index in [9.17, 15) is 14.0 Å². The lowest BCUT2D eigenvalue weighted by Crippen LogP contribution is -2.30. The van der Waals surface area contributed by atoms with Gasteiger partial charge in [0.2, 0.25) is 0 Å². The second kappa shape index (κ2) is 8.52. The topological polar surface area (TPSA) is 55.8 Å². The molecule has 144 valence electrons. The molecule has 0 heterocycles. The van der Waals surface area contributed by atoms with E-state index >= 15 is 0 Å². The standard InChI is InChI=1S/C22H20FNO4/c1-24(21(25)14-28-22(26)16-5-8-19(23)9-6-16)13-15-3-4-18-12-20(27-2)10-7-17(18)11-15/h3-12H,13-14H2,1-2H3. The van der Waals surface area contributed by atoms with E-state index in [1.807, 2.05) is 36.4 Å². The minimum Gasteiger partial charge on any atom is -0.497 e. The van der Waals surface area contributed by atoms with Crippen LogP contribution < -0.4 is 4.74 Å². The van der Waals surface area contributed by atoms with Gasteiger partial charge in [-0.05, 0) is 58.8 Å². The van der Waals surface area contributed by atoms with E-state index in [-0.39, 0.29) is 18.1 Å². The number of carbonyl (C=O) groups is 2. The second-order valence-electron chi connectivity index (χ2n) is 6.38. The third-order valence-electron chi connectivity index (χ3n) is 4.36. The van der Waals surface area contributed by atoms with Crippen LogP contribution in [0.5, 0.6) is 5.75 Å². The Kier molecular flexibility index (Phi) is 5.89. The lowest BCUT2D eigenvalue weighted by atomic mass is 10.1. The van der Waals surface area contributed by atoms with Gasteiger partial charge in [0.05, 0.1) is 12.7 Å². The third kappa shape index (κ3) is 4.65. The molecule has 5 nitrogen and oxygen atoms in total. The Morgan fingerprint density at radius 3 is 2.36 bits per heavy atom. The maximum atomic E-state index is 12.9. The summed E-state index contributed by atoms with van der Waals surface area (Å²) in [5.74, 6) is -0.650. The second-order valence-corrected chi connectivity index (χ2v) is 6.38. The van der Waals surface area contributed by atoms with Gasteiger partial charge in [-0.1, -0.05) is 18.2 Å². The van der Waals surface area contributed by atoms with Crippen molar-refractivity contribution in [3.8, 4) is 5.75 Å². The summed E-state index contributed by atoms with van der Waals surface area (Å²) in [6.07, 6.45) is 0. The molecule has 0 bridgehead atoms. The van der Waals surface area contributed by atoms with E-state index in [0.717, 1.165) is 22.1 Å². The average molecular weight is 381 g/mol. The number of nitrogens with zero attached hydrogens (tertiary/aromatic N) is 1. The molecule has 0 radical (unpaired) electrons. The Morgan fingerprint density at radius 2 is 1.64 bits per heavy atom. The number of fused-ring (bicyclic) bond motifs is 1. The fraction of sp³-hybridized carbons (Fsp3) is 0.182. The van der Waals surface area contributed by atoms with Gasteiger partial charge in [-0.2, -0.15) is 0 Å². The monoisotopic (exact) mass is 381 g/mol. The van der Waals surface area contributed by atoms with E-state index in [4.69, 9.17) is 9.47 Å². The van der Waals surface area contributed by atoms with Crippen molar-refractivity contribution in [1.82, 2.24) is 4.90 Å². The Labute approximate surface area is 162 Å². The summed E-state index contributed by atoms with van der Waals surface area (Å²) in [6.45, 7) is 0.00634. The first-order chi connectivity index (χ1) is 13.5. The first-order valence-electron chi connectivity index (χ1n) is 8.69. The van der Waals surface area contributed by atoms with Crippen LogP contribution in [0.25, 0.3) is 10.8 Å². The number of benzene rings is 3. The smallest absolute Gasteiger partial charge is 0.338 e. The van der Waals surface area contributed by atoms with Crippen LogP contribution in [0.1, 0.15) is 15.9 Å². The van der Waals surface area contributed by atoms with Gasteiger partial charge in [-0.25, -0.2) is 9.18 Å². The van der Waals surface area contributed by atoms with E-state index in [2.05, 4.69) is 0 Å². The summed E-state index contributed by atoms with van der Waals surface area (Å²) in [7, 11) is 3.27. The molecule has 6 heteroatoms. The molecular formula is C22H20FNO4. The SMILES string of the molecule is COc1ccc2cc(CN(C)C(=O)COC(=O)c3ccc(F)cc3)ccc2c1. The van der Waals surface area contributed by atoms with Crippen LogP contribution in [-0.2, 0) is 16.1 Å². The van der Waals surface area contributed by atoms with Gasteiger partial charge < -0.3 is 14.4 Å². The van der Waals surface area contributed by atoms with Crippen LogP contribution in [0.3, 0.4) is 0 Å². The Bertz CT molecular complexity index is 1000. The molecule has 0 aliphatic rings. The van der Waals surface area contributed by atoms with Crippen molar-refractivity contribution < 1.29 is 23.5 Å². The van der Waals surface area contributed by atoms with Crippen LogP contribution in [-0.4, -0.2) is 37.5 Å². The van der Waals surface area contributed by atoms with Gasteiger partial charge in [0, 0.05) is 13.6 Å². The lowest BCUT2D eigenvalue weighted by Gasteiger charge is -2.17. The normalized spacial score (nSPS) is 10.5. The fourth-order valence-electron chi connectivity index (χ4n) is 2.77. The van der Waals surface area contributed by atoms with Crippen LogP contribution in [0.2, 0.25) is 0 Å². The van der Waals surface area contributed by atoms with Gasteiger partial charge in [0.1, 0.15) is 11.6 Å². The maximum Gasteiger partial charge on any atom is 0.338 e. The van der Waals surface area contributed by atoms with Crippen LogP contribution in [0, 0.1) is 5.82 Å². The zero-order valence-corrected chi connectivity index (χ0v) is 15.6. The highest BCUT2D eigenvalue weighted by Gasteiger charge is 2.14. The Balaban J connectivity index is 1.58. The number of hydrogen-bond donors (Lipinski definition) is 0. The number of ether oxygens (including phenoxy) is 2. The molecule has 3 aromatic rings. The quantitative estimate of drug-likeness (QED) is 0.610. The van der Waals surface area contributed by atoms with Crippen molar-refractivity contribution in [2.75, 3.05) is 20.8 Å². The highest BCUT2D eigenvalue weighted by molar-refractivity contribution is 5.91. The number of methoxy groups -OCH3 is 1. The first kappa shape index (κ1) is 19.4. The fourth-order valence-corrected chi connectivity index (χ4v) is 2.77. The van der Waals surface area contributed by atoms with Crippen LogP contribution in [0.4, 0.5) is 4.39 Å². The number of hydrogen-bond acceptors (Lipinski definition) is 4. The molecule has 0 aromatic heterocycles. The van der Waals surface area contributed by atoms with E-state index < -0.39 is 11.8 Å². The van der Waals surface area contributed by atoms with Crippen LogP contribution >= 0.6 is 0 Å². The summed E-state index contributed by atoms with van der Waals surface area (Å²) in [5.41, 5.74) is 1.15. The summed E-state index contributed by atoms with van der Waals surface area (Å²) < 4.78 is 23.1. The van der Waals surface area contributed by atoms with Crippen molar-refractivity contribution >= 4 is 22.6 Å². The minimum absolute atomic E-state index is 0.196. The Hall–Kier alpha value is -3.41. The maximum absolute atomic E-state index is 12.9. The van der Waals surface area contributed by atoms with Crippen molar-refractivity contribution in [2.45, 2.75) is 6.54 Å². The zero-order chi connectivity index (χ0) is 20.1.